The Morgan fingerprint density at radius 1 is 0.205 bits per heavy atom. The first-order chi connectivity index (χ1) is 18.9. The Balaban J connectivity index is 0.000000176. The van der Waals surface area contributed by atoms with Gasteiger partial charge in [-0.2, -0.15) is 0 Å². The van der Waals surface area contributed by atoms with Crippen LogP contribution in [0, 0.1) is 0 Å². The summed E-state index contributed by atoms with van der Waals surface area (Å²) in [4.78, 5) is 0. The van der Waals surface area contributed by atoms with Crippen molar-refractivity contribution in [3.05, 3.63) is 182 Å². The summed E-state index contributed by atoms with van der Waals surface area (Å²) in [6.07, 6.45) is 0. The summed E-state index contributed by atoms with van der Waals surface area (Å²) in [7, 11) is 0. The van der Waals surface area contributed by atoms with Gasteiger partial charge in [0.2, 0.25) is 0 Å². The van der Waals surface area contributed by atoms with Gasteiger partial charge in [0.25, 0.3) is 0 Å². The molecule has 0 amide bonds. The zero-order valence-corrected chi connectivity index (χ0v) is 29.2. The van der Waals surface area contributed by atoms with E-state index in [-0.39, 0.29) is 19.5 Å². The molecule has 0 bridgehead atoms. The third-order valence-corrected chi connectivity index (χ3v) is 17.8. The molecule has 0 fully saturated rings. The van der Waals surface area contributed by atoms with Crippen molar-refractivity contribution in [2.45, 2.75) is 0 Å². The van der Waals surface area contributed by atoms with Gasteiger partial charge in [-0.1, -0.05) is 0 Å². The molecule has 0 saturated carbocycles. The van der Waals surface area contributed by atoms with Crippen molar-refractivity contribution in [1.29, 1.82) is 0 Å². The zero-order chi connectivity index (χ0) is 25.8. The fraction of sp³-hybridized carbons (Fsp3) is 0. The molecule has 3 heteroatoms. The first-order valence-electron chi connectivity index (χ1n) is 13.0. The van der Waals surface area contributed by atoms with Crippen LogP contribution in [0.2, 0.25) is 0 Å². The third kappa shape index (κ3) is 8.02. The average molecular weight is 673 g/mol. The maximum atomic E-state index is 2.27. The molecular formula is C36H30Ge2Zn. The van der Waals surface area contributed by atoms with Crippen molar-refractivity contribution in [1.82, 2.24) is 0 Å². The first-order valence-corrected chi connectivity index (χ1v) is 19.3. The Bertz CT molecular complexity index is 1170. The molecule has 6 aromatic rings. The molecule has 0 N–H and O–H groups in total. The predicted octanol–water partition coefficient (Wildman–Crippen LogP) is 4.40. The summed E-state index contributed by atoms with van der Waals surface area (Å²) in [5.74, 6) is 0. The topological polar surface area (TPSA) is 0 Å². The van der Waals surface area contributed by atoms with Crippen molar-refractivity contribution in [3.8, 4) is 0 Å². The molecule has 2 radical (unpaired) electrons. The summed E-state index contributed by atoms with van der Waals surface area (Å²) in [5, 5.41) is 0. The first kappa shape index (κ1) is 29.0. The van der Waals surface area contributed by atoms with E-state index in [4.69, 9.17) is 0 Å². The van der Waals surface area contributed by atoms with E-state index in [0.29, 0.717) is 0 Å². The van der Waals surface area contributed by atoms with Crippen molar-refractivity contribution in [3.63, 3.8) is 0 Å². The van der Waals surface area contributed by atoms with Crippen LogP contribution in [-0.2, 0) is 19.5 Å². The summed E-state index contributed by atoms with van der Waals surface area (Å²) in [5.41, 5.74) is 0. The van der Waals surface area contributed by atoms with E-state index in [0.717, 1.165) is 0 Å². The van der Waals surface area contributed by atoms with Crippen LogP contribution in [0.15, 0.2) is 182 Å². The number of rotatable bonds is 6. The molecule has 0 aromatic heterocycles. The van der Waals surface area contributed by atoms with Crippen LogP contribution < -0.4 is 26.4 Å². The van der Waals surface area contributed by atoms with E-state index in [9.17, 15) is 0 Å². The molecule has 0 spiro atoms. The van der Waals surface area contributed by atoms with Gasteiger partial charge in [-0.05, 0) is 0 Å². The number of hydrogen-bond donors (Lipinski definition) is 0. The van der Waals surface area contributed by atoms with Gasteiger partial charge in [0.1, 0.15) is 0 Å². The summed E-state index contributed by atoms with van der Waals surface area (Å²) in [6.45, 7) is 0. The molecule has 184 valence electrons. The zero-order valence-electron chi connectivity index (χ0n) is 22.0. The molecule has 0 saturated heterocycles. The van der Waals surface area contributed by atoms with Gasteiger partial charge in [-0.3, -0.25) is 0 Å². The minimum atomic E-state index is -1.63. The molecule has 6 aromatic carbocycles. The van der Waals surface area contributed by atoms with Gasteiger partial charge in [0.05, 0.1) is 0 Å². The fourth-order valence-electron chi connectivity index (χ4n) is 4.63. The quantitative estimate of drug-likeness (QED) is 0.230. The van der Waals surface area contributed by atoms with E-state index in [1.807, 2.05) is 0 Å². The van der Waals surface area contributed by atoms with Gasteiger partial charge in [-0.25, -0.2) is 0 Å². The van der Waals surface area contributed by atoms with Crippen LogP contribution in [0.25, 0.3) is 0 Å². The van der Waals surface area contributed by atoms with Crippen molar-refractivity contribution in [2.24, 2.45) is 0 Å². The molecule has 0 unspecified atom stereocenters. The van der Waals surface area contributed by atoms with E-state index in [1.165, 1.54) is 26.4 Å². The molecule has 6 rings (SSSR count). The van der Waals surface area contributed by atoms with Gasteiger partial charge in [0.15, 0.2) is 0 Å². The Hall–Kier alpha value is -2.97. The van der Waals surface area contributed by atoms with Crippen LogP contribution in [0.5, 0.6) is 0 Å². The maximum absolute atomic E-state index is 2.27. The van der Waals surface area contributed by atoms with E-state index in [1.54, 1.807) is 0 Å². The predicted molar refractivity (Wildman–Crippen MR) is 168 cm³/mol. The second kappa shape index (κ2) is 15.6. The van der Waals surface area contributed by atoms with E-state index < -0.39 is 28.7 Å². The summed E-state index contributed by atoms with van der Waals surface area (Å²) < 4.78 is 9.00. The minimum absolute atomic E-state index is 0. The standard InChI is InChI=1S/2C18H15Ge.Zn/c2*1-4-10-16(11-5-1)19(17-12-6-2-7-13-17)18-14-8-3-9-15-18;/h2*1-15H;. The van der Waals surface area contributed by atoms with Crippen LogP contribution >= 0.6 is 0 Å². The second-order valence-corrected chi connectivity index (χ2v) is 19.4. The molecular weight excluding hydrogens is 643 g/mol. The van der Waals surface area contributed by atoms with E-state index >= 15 is 0 Å². The van der Waals surface area contributed by atoms with E-state index in [2.05, 4.69) is 182 Å². The van der Waals surface area contributed by atoms with Crippen LogP contribution in [0.1, 0.15) is 0 Å². The molecule has 0 aliphatic heterocycles. The van der Waals surface area contributed by atoms with Crippen molar-refractivity contribution in [2.75, 3.05) is 0 Å². The molecule has 0 aliphatic rings. The van der Waals surface area contributed by atoms with Crippen molar-refractivity contribution < 1.29 is 19.5 Å². The molecule has 0 aliphatic carbocycles. The summed E-state index contributed by atoms with van der Waals surface area (Å²) in [6, 6.07) is 65.6. The van der Waals surface area contributed by atoms with Gasteiger partial charge < -0.3 is 0 Å². The normalized spacial score (nSPS) is 10.3. The second-order valence-electron chi connectivity index (χ2n) is 8.95. The fourth-order valence-corrected chi connectivity index (χ4v) is 15.4. The molecule has 39 heavy (non-hydrogen) atoms. The van der Waals surface area contributed by atoms with Crippen LogP contribution in [0.3, 0.4) is 0 Å². The summed E-state index contributed by atoms with van der Waals surface area (Å²) >= 11 is -3.26. The van der Waals surface area contributed by atoms with Gasteiger partial charge in [-0.15, -0.1) is 0 Å². The molecule has 0 nitrogen and oxygen atoms in total. The average Bonchev–Trinajstić information content (AvgIpc) is 3.01. The Morgan fingerprint density at radius 2 is 0.333 bits per heavy atom. The SMILES string of the molecule is [Zn].c1cc[c]([Ge]([c]2ccccc2)[c]2ccccc2)cc1.c1cc[c]([Ge]([c]2ccccc2)[c]2ccccc2)cc1. The Kier molecular flexibility index (Phi) is 11.6. The Labute approximate surface area is 254 Å². The van der Waals surface area contributed by atoms with Gasteiger partial charge >= 0.3 is 237 Å². The van der Waals surface area contributed by atoms with Gasteiger partial charge in [0, 0.05) is 19.5 Å². The number of benzene rings is 6. The van der Waals surface area contributed by atoms with Crippen LogP contribution in [0.4, 0.5) is 0 Å². The molecule has 0 atom stereocenters. The monoisotopic (exact) mass is 674 g/mol. The van der Waals surface area contributed by atoms with Crippen molar-refractivity contribution >= 4 is 55.1 Å². The molecule has 0 heterocycles. The Morgan fingerprint density at radius 3 is 0.462 bits per heavy atom. The third-order valence-electron chi connectivity index (χ3n) is 6.37. The van der Waals surface area contributed by atoms with Crippen LogP contribution in [-0.4, -0.2) is 28.7 Å². The number of hydrogen-bond acceptors (Lipinski definition) is 0.